The first kappa shape index (κ1) is 13.8. The van der Waals surface area contributed by atoms with E-state index < -0.39 is 11.9 Å². The average Bonchev–Trinajstić information content (AvgIpc) is 3.22. The SMILES string of the molecule is FC(F)(F)C1=NCCC=C1Sc1cnc2c(n1)NC1OC1N2. The zero-order valence-electron chi connectivity index (χ0n) is 11.0. The van der Waals surface area contributed by atoms with Crippen LogP contribution in [0.2, 0.25) is 0 Å². The van der Waals surface area contributed by atoms with E-state index in [1.165, 1.54) is 12.3 Å². The maximum atomic E-state index is 13.0. The number of aromatic nitrogens is 2. The molecule has 2 atom stereocenters. The molecule has 1 fully saturated rings. The van der Waals surface area contributed by atoms with E-state index in [9.17, 15) is 13.2 Å². The summed E-state index contributed by atoms with van der Waals surface area (Å²) < 4.78 is 44.1. The second-order valence-electron chi connectivity index (χ2n) is 4.86. The number of aliphatic imine (C=N–C) groups is 1. The van der Waals surface area contributed by atoms with Crippen LogP contribution in [0, 0.1) is 0 Å². The van der Waals surface area contributed by atoms with Gasteiger partial charge in [0.2, 0.25) is 0 Å². The summed E-state index contributed by atoms with van der Waals surface area (Å²) in [6, 6.07) is 0. The van der Waals surface area contributed by atoms with Gasteiger partial charge in [0.1, 0.15) is 5.03 Å². The van der Waals surface area contributed by atoms with Gasteiger partial charge in [-0.15, -0.1) is 0 Å². The highest BCUT2D eigenvalue weighted by atomic mass is 32.2. The second-order valence-corrected chi connectivity index (χ2v) is 5.92. The Bertz CT molecular complexity index is 690. The molecule has 4 rings (SSSR count). The number of alkyl halides is 3. The Morgan fingerprint density at radius 1 is 1.23 bits per heavy atom. The third-order valence-corrected chi connectivity index (χ3v) is 4.23. The molecule has 1 aromatic heterocycles. The van der Waals surface area contributed by atoms with E-state index in [2.05, 4.69) is 25.6 Å². The standard InChI is InChI=1S/C12H10F3N5OS/c13-12(14,15)7-5(2-1-3-16-7)22-6-4-17-8-9(18-6)20-11-10(19-8)21-11/h2,4,10-11H,1,3H2,(H,17,19)(H,18,20). The van der Waals surface area contributed by atoms with Crippen molar-refractivity contribution in [2.24, 2.45) is 4.99 Å². The summed E-state index contributed by atoms with van der Waals surface area (Å²) in [4.78, 5) is 12.1. The van der Waals surface area contributed by atoms with E-state index in [1.807, 2.05) is 0 Å². The number of allylic oxidation sites excluding steroid dienone is 1. The molecule has 1 saturated heterocycles. The minimum absolute atomic E-state index is 0.0670. The summed E-state index contributed by atoms with van der Waals surface area (Å²) >= 11 is 0.915. The number of thioether (sulfide) groups is 1. The van der Waals surface area contributed by atoms with Crippen LogP contribution in [0.25, 0.3) is 0 Å². The van der Waals surface area contributed by atoms with Gasteiger partial charge in [-0.25, -0.2) is 9.97 Å². The van der Waals surface area contributed by atoms with Crippen molar-refractivity contribution in [1.29, 1.82) is 0 Å². The van der Waals surface area contributed by atoms with E-state index >= 15 is 0 Å². The number of dihydropyridines is 1. The number of ether oxygens (including phenoxy) is 1. The topological polar surface area (TPSA) is 74.7 Å². The summed E-state index contributed by atoms with van der Waals surface area (Å²) in [5, 5.41) is 6.39. The van der Waals surface area contributed by atoms with Crippen LogP contribution in [0.15, 0.2) is 27.2 Å². The normalized spacial score (nSPS) is 26.0. The molecule has 6 nitrogen and oxygen atoms in total. The molecule has 4 heterocycles. The van der Waals surface area contributed by atoms with Crippen LogP contribution in [0.4, 0.5) is 24.8 Å². The number of nitrogens with zero attached hydrogens (tertiary/aromatic N) is 3. The van der Waals surface area contributed by atoms with Crippen molar-refractivity contribution in [3.05, 3.63) is 17.2 Å². The number of nitrogens with one attached hydrogen (secondary N) is 2. The summed E-state index contributed by atoms with van der Waals surface area (Å²) in [7, 11) is 0. The molecule has 0 radical (unpaired) electrons. The fourth-order valence-electron chi connectivity index (χ4n) is 2.21. The predicted octanol–water partition coefficient (Wildman–Crippen LogP) is 2.38. The summed E-state index contributed by atoms with van der Waals surface area (Å²) in [6.07, 6.45) is -1.26. The van der Waals surface area contributed by atoms with Gasteiger partial charge in [0.15, 0.2) is 29.8 Å². The predicted molar refractivity (Wildman–Crippen MR) is 74.9 cm³/mol. The first-order valence-electron chi connectivity index (χ1n) is 6.56. The molecule has 22 heavy (non-hydrogen) atoms. The molecule has 3 aliphatic rings. The molecule has 0 bridgehead atoms. The Balaban J connectivity index is 1.57. The lowest BCUT2D eigenvalue weighted by Crippen LogP contribution is -2.26. The molecule has 116 valence electrons. The van der Waals surface area contributed by atoms with Gasteiger partial charge in [-0.3, -0.25) is 4.99 Å². The molecule has 0 spiro atoms. The molecule has 2 unspecified atom stereocenters. The molecular formula is C12H10F3N5OS. The number of hydrogen-bond donors (Lipinski definition) is 2. The van der Waals surface area contributed by atoms with Crippen LogP contribution < -0.4 is 10.6 Å². The highest BCUT2D eigenvalue weighted by Gasteiger charge is 2.44. The van der Waals surface area contributed by atoms with Gasteiger partial charge in [0.05, 0.1) is 6.20 Å². The van der Waals surface area contributed by atoms with E-state index in [-0.39, 0.29) is 23.9 Å². The van der Waals surface area contributed by atoms with Gasteiger partial charge in [0.25, 0.3) is 0 Å². The van der Waals surface area contributed by atoms with Gasteiger partial charge in [-0.1, -0.05) is 17.8 Å². The molecule has 10 heteroatoms. The fourth-order valence-corrected chi connectivity index (χ4v) is 3.15. The van der Waals surface area contributed by atoms with Crippen molar-refractivity contribution in [1.82, 2.24) is 9.97 Å². The first-order chi connectivity index (χ1) is 10.5. The maximum absolute atomic E-state index is 13.0. The smallest absolute Gasteiger partial charge is 0.338 e. The highest BCUT2D eigenvalue weighted by Crippen LogP contribution is 2.38. The maximum Gasteiger partial charge on any atom is 0.434 e. The van der Waals surface area contributed by atoms with Gasteiger partial charge in [-0.05, 0) is 6.42 Å². The van der Waals surface area contributed by atoms with E-state index in [1.54, 1.807) is 0 Å². The monoisotopic (exact) mass is 329 g/mol. The molecular weight excluding hydrogens is 319 g/mol. The van der Waals surface area contributed by atoms with Crippen molar-refractivity contribution in [2.45, 2.75) is 30.1 Å². The van der Waals surface area contributed by atoms with Crippen LogP contribution in [-0.4, -0.2) is 40.9 Å². The molecule has 3 aliphatic heterocycles. The lowest BCUT2D eigenvalue weighted by molar-refractivity contribution is -0.0581. The van der Waals surface area contributed by atoms with Crippen LogP contribution in [0.1, 0.15) is 6.42 Å². The zero-order chi connectivity index (χ0) is 15.3. The number of hydrogen-bond acceptors (Lipinski definition) is 7. The number of fused-ring (bicyclic) bond motifs is 2. The Morgan fingerprint density at radius 2 is 2.00 bits per heavy atom. The molecule has 0 amide bonds. The molecule has 0 saturated carbocycles. The lowest BCUT2D eigenvalue weighted by Gasteiger charge is -2.18. The minimum atomic E-state index is -4.46. The zero-order valence-corrected chi connectivity index (χ0v) is 11.8. The van der Waals surface area contributed by atoms with Crippen LogP contribution >= 0.6 is 11.8 Å². The van der Waals surface area contributed by atoms with Crippen LogP contribution in [0.5, 0.6) is 0 Å². The third-order valence-electron chi connectivity index (χ3n) is 3.25. The number of halogens is 3. The van der Waals surface area contributed by atoms with Gasteiger partial charge in [0, 0.05) is 11.4 Å². The Morgan fingerprint density at radius 3 is 2.77 bits per heavy atom. The lowest BCUT2D eigenvalue weighted by atomic mass is 10.2. The van der Waals surface area contributed by atoms with Gasteiger partial charge in [-0.2, -0.15) is 13.2 Å². The fraction of sp³-hybridized carbons (Fsp3) is 0.417. The van der Waals surface area contributed by atoms with Crippen molar-refractivity contribution in [2.75, 3.05) is 17.2 Å². The minimum Gasteiger partial charge on any atom is -0.338 e. The molecule has 1 aromatic rings. The first-order valence-corrected chi connectivity index (χ1v) is 7.38. The van der Waals surface area contributed by atoms with Gasteiger partial charge < -0.3 is 15.4 Å². The van der Waals surface area contributed by atoms with Crippen molar-refractivity contribution in [3.8, 4) is 0 Å². The third kappa shape index (κ3) is 2.52. The van der Waals surface area contributed by atoms with Crippen molar-refractivity contribution >= 4 is 29.1 Å². The quantitative estimate of drug-likeness (QED) is 0.812. The van der Waals surface area contributed by atoms with Crippen LogP contribution in [-0.2, 0) is 4.74 Å². The van der Waals surface area contributed by atoms with E-state index in [0.29, 0.717) is 23.1 Å². The Labute approximate surface area is 127 Å². The largest absolute Gasteiger partial charge is 0.434 e. The Hall–Kier alpha value is -1.81. The molecule has 0 aromatic carbocycles. The van der Waals surface area contributed by atoms with E-state index in [0.717, 1.165) is 11.8 Å². The van der Waals surface area contributed by atoms with Crippen molar-refractivity contribution in [3.63, 3.8) is 0 Å². The van der Waals surface area contributed by atoms with E-state index in [4.69, 9.17) is 4.74 Å². The molecule has 2 N–H and O–H groups in total. The van der Waals surface area contributed by atoms with Crippen LogP contribution in [0.3, 0.4) is 0 Å². The number of anilines is 2. The summed E-state index contributed by atoms with van der Waals surface area (Å²) in [6.45, 7) is 0.153. The summed E-state index contributed by atoms with van der Waals surface area (Å²) in [5.74, 6) is 1.01. The average molecular weight is 329 g/mol. The summed E-state index contributed by atoms with van der Waals surface area (Å²) in [5.41, 5.74) is -0.847. The molecule has 0 aliphatic carbocycles. The number of rotatable bonds is 2. The van der Waals surface area contributed by atoms with Gasteiger partial charge >= 0.3 is 6.18 Å². The number of epoxide rings is 1. The highest BCUT2D eigenvalue weighted by molar-refractivity contribution is 8.04. The Kier molecular flexibility index (Phi) is 3.05. The second kappa shape index (κ2) is 4.85. The van der Waals surface area contributed by atoms with Crippen molar-refractivity contribution < 1.29 is 17.9 Å².